The lowest BCUT2D eigenvalue weighted by Gasteiger charge is -2.20. The molecule has 1 fully saturated rings. The fourth-order valence-corrected chi connectivity index (χ4v) is 2.51. The van der Waals surface area contributed by atoms with Crippen LogP contribution in [0.2, 0.25) is 0 Å². The number of nitrogens with zero attached hydrogens (tertiary/aromatic N) is 2. The Labute approximate surface area is 113 Å². The van der Waals surface area contributed by atoms with Crippen molar-refractivity contribution < 1.29 is 13.2 Å². The van der Waals surface area contributed by atoms with Crippen molar-refractivity contribution in [2.45, 2.75) is 32.2 Å². The molecule has 1 aromatic rings. The van der Waals surface area contributed by atoms with Crippen LogP contribution in [0.3, 0.4) is 0 Å². The largest absolute Gasteiger partial charge is 0.381 e. The summed E-state index contributed by atoms with van der Waals surface area (Å²) in [6.45, 7) is 3.25. The highest BCUT2D eigenvalue weighted by Gasteiger charge is 2.19. The predicted octanol–water partition coefficient (Wildman–Crippen LogP) is 0.810. The zero-order valence-corrected chi connectivity index (χ0v) is 11.8. The summed E-state index contributed by atoms with van der Waals surface area (Å²) in [5.74, 6) is 1.03. The Hall–Kier alpha value is -1.05. The molecule has 0 unspecified atom stereocenters. The van der Waals surface area contributed by atoms with E-state index in [0.717, 1.165) is 25.3 Å². The van der Waals surface area contributed by atoms with Crippen LogP contribution in [0.5, 0.6) is 0 Å². The van der Waals surface area contributed by atoms with E-state index in [0.29, 0.717) is 12.3 Å². The monoisotopic (exact) mass is 285 g/mol. The lowest BCUT2D eigenvalue weighted by atomic mass is 10.0. The first-order valence-electron chi connectivity index (χ1n) is 6.47. The summed E-state index contributed by atoms with van der Waals surface area (Å²) in [6.07, 6.45) is 3.71. The van der Waals surface area contributed by atoms with Gasteiger partial charge in [-0.15, -0.1) is 0 Å². The molecule has 0 aromatic carbocycles. The van der Waals surface area contributed by atoms with Crippen LogP contribution in [0.4, 0.5) is 0 Å². The van der Waals surface area contributed by atoms with Crippen molar-refractivity contribution in [3.8, 4) is 0 Å². The Morgan fingerprint density at radius 1 is 1.53 bits per heavy atom. The van der Waals surface area contributed by atoms with Crippen molar-refractivity contribution in [1.29, 1.82) is 0 Å². The molecule has 1 aliphatic rings. The lowest BCUT2D eigenvalue weighted by Crippen LogP contribution is -2.25. The summed E-state index contributed by atoms with van der Waals surface area (Å²) in [5.41, 5.74) is 0.688. The van der Waals surface area contributed by atoms with E-state index in [1.165, 1.54) is 0 Å². The molecule has 0 saturated carbocycles. The van der Waals surface area contributed by atoms with E-state index in [4.69, 9.17) is 4.74 Å². The molecule has 1 aromatic heterocycles. The van der Waals surface area contributed by atoms with E-state index in [2.05, 4.69) is 14.7 Å². The minimum absolute atomic E-state index is 0.0708. The van der Waals surface area contributed by atoms with Gasteiger partial charge >= 0.3 is 0 Å². The van der Waals surface area contributed by atoms with Crippen LogP contribution >= 0.6 is 0 Å². The topological polar surface area (TPSA) is 81.2 Å². The standard InChI is InChI=1S/C12H19N3O3S/c1-2-19(16,17)14-8-11-5-6-13-12(15-11)10-4-3-7-18-9-10/h5-6,10,14H,2-4,7-9H2,1H3/t10-/m0/s1. The first kappa shape index (κ1) is 14.4. The number of hydrogen-bond donors (Lipinski definition) is 1. The Bertz CT molecular complexity index is 513. The second-order valence-electron chi connectivity index (χ2n) is 4.54. The van der Waals surface area contributed by atoms with Crippen molar-refractivity contribution in [3.63, 3.8) is 0 Å². The van der Waals surface area contributed by atoms with Gasteiger partial charge in [0, 0.05) is 18.7 Å². The van der Waals surface area contributed by atoms with Crippen LogP contribution in [0.15, 0.2) is 12.3 Å². The number of ether oxygens (including phenoxy) is 1. The summed E-state index contributed by atoms with van der Waals surface area (Å²) < 4.78 is 30.7. The molecule has 0 radical (unpaired) electrons. The minimum Gasteiger partial charge on any atom is -0.381 e. The average Bonchev–Trinajstić information content (AvgIpc) is 2.47. The lowest BCUT2D eigenvalue weighted by molar-refractivity contribution is 0.0780. The number of rotatable bonds is 5. The molecule has 0 amide bonds. The Morgan fingerprint density at radius 2 is 2.37 bits per heavy atom. The molecule has 7 heteroatoms. The van der Waals surface area contributed by atoms with Crippen molar-refractivity contribution in [1.82, 2.24) is 14.7 Å². The molecule has 19 heavy (non-hydrogen) atoms. The Balaban J connectivity index is 2.02. The molecule has 0 aliphatic carbocycles. The van der Waals surface area contributed by atoms with Gasteiger partial charge in [0.15, 0.2) is 0 Å². The SMILES string of the molecule is CCS(=O)(=O)NCc1ccnc([C@H]2CCCOC2)n1. The van der Waals surface area contributed by atoms with Crippen LogP contribution in [0.25, 0.3) is 0 Å². The molecule has 1 saturated heterocycles. The van der Waals surface area contributed by atoms with Crippen molar-refractivity contribution in [2.24, 2.45) is 0 Å². The molecule has 1 N–H and O–H groups in total. The first-order valence-corrected chi connectivity index (χ1v) is 8.13. The smallest absolute Gasteiger partial charge is 0.211 e. The highest BCUT2D eigenvalue weighted by molar-refractivity contribution is 7.89. The first-order chi connectivity index (χ1) is 9.11. The normalized spacial score (nSPS) is 20.4. The van der Waals surface area contributed by atoms with Gasteiger partial charge in [0.25, 0.3) is 0 Å². The van der Waals surface area contributed by atoms with E-state index >= 15 is 0 Å². The number of hydrogen-bond acceptors (Lipinski definition) is 5. The fourth-order valence-electron chi connectivity index (χ4n) is 1.94. The predicted molar refractivity (Wildman–Crippen MR) is 71.1 cm³/mol. The summed E-state index contributed by atoms with van der Waals surface area (Å²) in [7, 11) is -3.19. The Morgan fingerprint density at radius 3 is 3.05 bits per heavy atom. The molecular weight excluding hydrogens is 266 g/mol. The van der Waals surface area contributed by atoms with Crippen LogP contribution in [-0.4, -0.2) is 37.4 Å². The van der Waals surface area contributed by atoms with Gasteiger partial charge in [-0.3, -0.25) is 0 Å². The van der Waals surface area contributed by atoms with Gasteiger partial charge < -0.3 is 4.74 Å². The van der Waals surface area contributed by atoms with Crippen molar-refractivity contribution in [2.75, 3.05) is 19.0 Å². The van der Waals surface area contributed by atoms with Gasteiger partial charge in [-0.2, -0.15) is 0 Å². The average molecular weight is 285 g/mol. The van der Waals surface area contributed by atoms with E-state index in [1.54, 1.807) is 19.2 Å². The Kier molecular flexibility index (Phi) is 4.84. The quantitative estimate of drug-likeness (QED) is 0.866. The summed E-state index contributed by atoms with van der Waals surface area (Å²) in [5, 5.41) is 0. The van der Waals surface area contributed by atoms with Gasteiger partial charge in [0.1, 0.15) is 5.82 Å². The zero-order valence-electron chi connectivity index (χ0n) is 11.0. The maximum Gasteiger partial charge on any atom is 0.211 e. The van der Waals surface area contributed by atoms with Gasteiger partial charge in [0.2, 0.25) is 10.0 Å². The maximum atomic E-state index is 11.4. The van der Waals surface area contributed by atoms with Gasteiger partial charge in [0.05, 0.1) is 24.6 Å². The van der Waals surface area contributed by atoms with Crippen molar-refractivity contribution in [3.05, 3.63) is 23.8 Å². The van der Waals surface area contributed by atoms with Crippen LogP contribution in [0.1, 0.15) is 37.2 Å². The summed E-state index contributed by atoms with van der Waals surface area (Å²) in [4.78, 5) is 8.68. The highest BCUT2D eigenvalue weighted by Crippen LogP contribution is 2.22. The minimum atomic E-state index is -3.19. The second kappa shape index (κ2) is 6.40. The number of sulfonamides is 1. The molecule has 1 atom stereocenters. The summed E-state index contributed by atoms with van der Waals surface area (Å²) >= 11 is 0. The molecule has 2 rings (SSSR count). The summed E-state index contributed by atoms with van der Waals surface area (Å²) in [6, 6.07) is 1.73. The van der Waals surface area contributed by atoms with E-state index < -0.39 is 10.0 Å². The molecular formula is C12H19N3O3S. The van der Waals surface area contributed by atoms with Gasteiger partial charge in [-0.1, -0.05) is 0 Å². The fraction of sp³-hybridized carbons (Fsp3) is 0.667. The van der Waals surface area contributed by atoms with E-state index in [1.807, 2.05) is 0 Å². The van der Waals surface area contributed by atoms with Gasteiger partial charge in [-0.25, -0.2) is 23.1 Å². The second-order valence-corrected chi connectivity index (χ2v) is 6.64. The molecule has 106 valence electrons. The van der Waals surface area contributed by atoms with Crippen LogP contribution < -0.4 is 4.72 Å². The number of aromatic nitrogens is 2. The van der Waals surface area contributed by atoms with Gasteiger partial charge in [-0.05, 0) is 25.8 Å². The van der Waals surface area contributed by atoms with Crippen LogP contribution in [-0.2, 0) is 21.3 Å². The number of nitrogens with one attached hydrogen (secondary N) is 1. The third-order valence-corrected chi connectivity index (χ3v) is 4.45. The van der Waals surface area contributed by atoms with Crippen molar-refractivity contribution >= 4 is 10.0 Å². The maximum absolute atomic E-state index is 11.4. The zero-order chi connectivity index (χ0) is 13.7. The van der Waals surface area contributed by atoms with Crippen LogP contribution in [0, 0.1) is 0 Å². The highest BCUT2D eigenvalue weighted by atomic mass is 32.2. The van der Waals surface area contributed by atoms with E-state index in [-0.39, 0.29) is 18.2 Å². The van der Waals surface area contributed by atoms with E-state index in [9.17, 15) is 8.42 Å². The molecule has 6 nitrogen and oxygen atoms in total. The third kappa shape index (κ3) is 4.22. The molecule has 2 heterocycles. The third-order valence-electron chi connectivity index (χ3n) is 3.11. The molecule has 0 spiro atoms. The molecule has 0 bridgehead atoms. The molecule has 1 aliphatic heterocycles.